The molecule has 0 saturated carbocycles. The molecule has 6 nitrogen and oxygen atoms in total. The van der Waals surface area contributed by atoms with Crippen LogP contribution in [0.4, 0.5) is 5.82 Å². The van der Waals surface area contributed by atoms with Gasteiger partial charge in [0.15, 0.2) is 5.82 Å². The van der Waals surface area contributed by atoms with Crippen molar-refractivity contribution in [2.45, 2.75) is 32.6 Å². The second-order valence-electron chi connectivity index (χ2n) is 8.45. The van der Waals surface area contributed by atoms with Gasteiger partial charge in [0.05, 0.1) is 17.0 Å². The summed E-state index contributed by atoms with van der Waals surface area (Å²) in [5.41, 5.74) is 6.19. The largest absolute Gasteiger partial charge is 0.464 e. The van der Waals surface area contributed by atoms with Gasteiger partial charge in [-0.15, -0.1) is 11.3 Å². The molecule has 32 heavy (non-hydrogen) atoms. The highest BCUT2D eigenvalue weighted by atomic mass is 32.1. The number of aryl methyl sites for hydroxylation is 1. The predicted octanol–water partition coefficient (Wildman–Crippen LogP) is 4.59. The summed E-state index contributed by atoms with van der Waals surface area (Å²) in [5, 5.41) is 4.66. The van der Waals surface area contributed by atoms with Gasteiger partial charge in [0.2, 0.25) is 0 Å². The van der Waals surface area contributed by atoms with Gasteiger partial charge in [0.1, 0.15) is 10.3 Å². The van der Waals surface area contributed by atoms with Gasteiger partial charge >= 0.3 is 6.01 Å². The van der Waals surface area contributed by atoms with E-state index in [1.54, 1.807) is 11.3 Å². The molecule has 1 aromatic carbocycles. The molecule has 6 rings (SSSR count). The summed E-state index contributed by atoms with van der Waals surface area (Å²) in [4.78, 5) is 18.4. The summed E-state index contributed by atoms with van der Waals surface area (Å²) in [7, 11) is 0. The van der Waals surface area contributed by atoms with E-state index in [9.17, 15) is 0 Å². The number of piperazine rings is 1. The number of anilines is 1. The van der Waals surface area contributed by atoms with Crippen molar-refractivity contribution < 1.29 is 4.74 Å². The standard InChI is InChI=1S/C25H27N5OS/c1-2-31-25-28-21-19-17-10-6-7-11-18(17)20(16-8-4-3-5-9-16)27-24(19)32-22(21)23(29-25)30-14-12-26-13-15-30/h3-5,8-9,26H,2,6-7,10-15H2,1H3. The molecule has 1 N–H and O–H groups in total. The van der Waals surface area contributed by atoms with Crippen LogP contribution in [0.15, 0.2) is 30.3 Å². The van der Waals surface area contributed by atoms with E-state index in [-0.39, 0.29) is 0 Å². The maximum Gasteiger partial charge on any atom is 0.319 e. The summed E-state index contributed by atoms with van der Waals surface area (Å²) < 4.78 is 6.96. The fourth-order valence-corrected chi connectivity index (χ4v) is 6.18. The number of rotatable bonds is 4. The normalized spacial score (nSPS) is 16.5. The molecule has 0 atom stereocenters. The highest BCUT2D eigenvalue weighted by molar-refractivity contribution is 7.26. The number of hydrogen-bond acceptors (Lipinski definition) is 7. The molecule has 164 valence electrons. The topological polar surface area (TPSA) is 63.2 Å². The summed E-state index contributed by atoms with van der Waals surface area (Å²) >= 11 is 1.74. The van der Waals surface area contributed by atoms with Gasteiger partial charge in [-0.05, 0) is 43.7 Å². The minimum Gasteiger partial charge on any atom is -0.464 e. The van der Waals surface area contributed by atoms with Gasteiger partial charge in [-0.1, -0.05) is 30.3 Å². The highest BCUT2D eigenvalue weighted by Crippen LogP contribution is 2.44. The average Bonchev–Trinajstić information content (AvgIpc) is 3.23. The summed E-state index contributed by atoms with van der Waals surface area (Å²) in [6, 6.07) is 11.1. The fraction of sp³-hybridized carbons (Fsp3) is 0.400. The predicted molar refractivity (Wildman–Crippen MR) is 131 cm³/mol. The van der Waals surface area contributed by atoms with Crippen LogP contribution in [-0.4, -0.2) is 47.7 Å². The minimum atomic E-state index is 0.477. The molecule has 7 heteroatoms. The number of ether oxygens (including phenoxy) is 1. The van der Waals surface area contributed by atoms with Crippen molar-refractivity contribution in [2.24, 2.45) is 0 Å². The Morgan fingerprint density at radius 2 is 1.78 bits per heavy atom. The number of nitrogens with one attached hydrogen (secondary N) is 1. The van der Waals surface area contributed by atoms with E-state index in [1.165, 1.54) is 34.9 Å². The smallest absolute Gasteiger partial charge is 0.319 e. The van der Waals surface area contributed by atoms with E-state index in [4.69, 9.17) is 19.7 Å². The zero-order valence-corrected chi connectivity index (χ0v) is 19.2. The van der Waals surface area contributed by atoms with Gasteiger partial charge in [0, 0.05) is 37.1 Å². The van der Waals surface area contributed by atoms with Crippen LogP contribution >= 0.6 is 11.3 Å². The van der Waals surface area contributed by atoms with Gasteiger partial charge in [-0.25, -0.2) is 4.98 Å². The van der Waals surface area contributed by atoms with E-state index < -0.39 is 0 Å². The number of fused-ring (bicyclic) bond motifs is 5. The Morgan fingerprint density at radius 1 is 1.00 bits per heavy atom. The molecule has 0 bridgehead atoms. The summed E-state index contributed by atoms with van der Waals surface area (Å²) in [6.07, 6.45) is 4.59. The fourth-order valence-electron chi connectivity index (χ4n) is 5.01. The molecular formula is C25H27N5OS. The Hall–Kier alpha value is -2.77. The Labute approximate surface area is 191 Å². The van der Waals surface area contributed by atoms with Gasteiger partial charge in [0.25, 0.3) is 0 Å². The van der Waals surface area contributed by atoms with Crippen LogP contribution in [0.5, 0.6) is 6.01 Å². The van der Waals surface area contributed by atoms with Crippen molar-refractivity contribution in [3.05, 3.63) is 41.5 Å². The molecule has 0 amide bonds. The first-order valence-corrected chi connectivity index (χ1v) is 12.4. The van der Waals surface area contributed by atoms with Crippen LogP contribution in [0, 0.1) is 0 Å². The third kappa shape index (κ3) is 3.31. The monoisotopic (exact) mass is 445 g/mol. The van der Waals surface area contributed by atoms with Crippen LogP contribution < -0.4 is 15.0 Å². The van der Waals surface area contributed by atoms with Gasteiger partial charge in [-0.3, -0.25) is 0 Å². The number of pyridine rings is 1. The van der Waals surface area contributed by atoms with Crippen LogP contribution in [0.2, 0.25) is 0 Å². The van der Waals surface area contributed by atoms with Crippen LogP contribution in [0.3, 0.4) is 0 Å². The van der Waals surface area contributed by atoms with E-state index in [2.05, 4.69) is 40.5 Å². The van der Waals surface area contributed by atoms with E-state index in [1.807, 2.05) is 6.92 Å². The molecule has 4 aromatic rings. The third-order valence-corrected chi connectivity index (χ3v) is 7.55. The number of hydrogen-bond donors (Lipinski definition) is 1. The minimum absolute atomic E-state index is 0.477. The lowest BCUT2D eigenvalue weighted by atomic mass is 9.87. The molecular weight excluding hydrogens is 418 g/mol. The molecule has 1 fully saturated rings. The lowest BCUT2D eigenvalue weighted by Gasteiger charge is -2.28. The molecule has 0 spiro atoms. The molecule has 3 aromatic heterocycles. The SMILES string of the molecule is CCOc1nc(N2CCNCC2)c2sc3nc(-c4ccccc4)c4c(c3c2n1)CCCC4. The summed E-state index contributed by atoms with van der Waals surface area (Å²) in [6.45, 7) is 6.35. The Bertz CT molecular complexity index is 1280. The second kappa shape index (κ2) is 8.30. The number of aromatic nitrogens is 3. The maximum absolute atomic E-state index is 5.82. The number of thiophene rings is 1. The lowest BCUT2D eigenvalue weighted by molar-refractivity contribution is 0.314. The zero-order chi connectivity index (χ0) is 21.5. The molecule has 0 unspecified atom stereocenters. The zero-order valence-electron chi connectivity index (χ0n) is 18.4. The van der Waals surface area contributed by atoms with E-state index in [0.717, 1.165) is 65.6 Å². The molecule has 2 aliphatic rings. The van der Waals surface area contributed by atoms with Crippen molar-refractivity contribution in [1.82, 2.24) is 20.3 Å². The summed E-state index contributed by atoms with van der Waals surface area (Å²) in [5.74, 6) is 0.994. The van der Waals surface area contributed by atoms with Crippen molar-refractivity contribution in [3.63, 3.8) is 0 Å². The van der Waals surface area contributed by atoms with E-state index in [0.29, 0.717) is 12.6 Å². The maximum atomic E-state index is 5.82. The highest BCUT2D eigenvalue weighted by Gasteiger charge is 2.26. The van der Waals surface area contributed by atoms with Gasteiger partial charge in [-0.2, -0.15) is 9.97 Å². The van der Waals surface area contributed by atoms with Crippen molar-refractivity contribution in [3.8, 4) is 17.3 Å². The number of nitrogens with zero attached hydrogens (tertiary/aromatic N) is 4. The van der Waals surface area contributed by atoms with Crippen LogP contribution in [0.25, 0.3) is 31.7 Å². The number of benzene rings is 1. The Balaban J connectivity index is 1.65. The average molecular weight is 446 g/mol. The van der Waals surface area contributed by atoms with Crippen molar-refractivity contribution in [2.75, 3.05) is 37.7 Å². The first kappa shape index (κ1) is 19.9. The lowest BCUT2D eigenvalue weighted by Crippen LogP contribution is -2.44. The first-order chi connectivity index (χ1) is 15.8. The van der Waals surface area contributed by atoms with Crippen molar-refractivity contribution in [1.29, 1.82) is 0 Å². The molecule has 1 aliphatic carbocycles. The van der Waals surface area contributed by atoms with E-state index >= 15 is 0 Å². The molecule has 1 aliphatic heterocycles. The Kier molecular flexibility index (Phi) is 5.15. The second-order valence-corrected chi connectivity index (χ2v) is 9.45. The molecule has 0 radical (unpaired) electrons. The van der Waals surface area contributed by atoms with Crippen LogP contribution in [0.1, 0.15) is 30.9 Å². The van der Waals surface area contributed by atoms with Gasteiger partial charge < -0.3 is 15.0 Å². The quantitative estimate of drug-likeness (QED) is 0.496. The molecule has 1 saturated heterocycles. The van der Waals surface area contributed by atoms with Crippen LogP contribution in [-0.2, 0) is 12.8 Å². The first-order valence-electron chi connectivity index (χ1n) is 11.6. The third-order valence-electron chi connectivity index (χ3n) is 6.48. The van der Waals surface area contributed by atoms with Crippen molar-refractivity contribution >= 4 is 37.6 Å². The molecule has 4 heterocycles. The Morgan fingerprint density at radius 3 is 2.56 bits per heavy atom.